The van der Waals surface area contributed by atoms with Gasteiger partial charge in [0.05, 0.1) is 19.1 Å². The second-order valence-electron chi connectivity index (χ2n) is 8.22. The number of sulfonamides is 1. The van der Waals surface area contributed by atoms with Crippen LogP contribution in [0.2, 0.25) is 0 Å². The fourth-order valence-corrected chi connectivity index (χ4v) is 4.64. The molecule has 0 saturated heterocycles. The molecule has 0 aliphatic heterocycles. The number of benzene rings is 2. The van der Waals surface area contributed by atoms with E-state index in [1.807, 2.05) is 38.1 Å². The molecule has 2 aromatic rings. The maximum absolute atomic E-state index is 13.2. The standard InChI is InChI=1S/C25H35N3O5S/c1-6-26-25(30)20(3)27(18-21-11-7-10-19(2)16-21)24(29)14-9-15-28(34(5,31)32)22-12-8-13-23(17-22)33-4/h7-8,10-13,16-17,20H,6,9,14-15,18H2,1-5H3,(H,26,30)/t20-/m1/s1. The average molecular weight is 490 g/mol. The molecule has 0 saturated carbocycles. The summed E-state index contributed by atoms with van der Waals surface area (Å²) in [6.07, 6.45) is 1.54. The molecule has 9 heteroatoms. The minimum Gasteiger partial charge on any atom is -0.497 e. The van der Waals surface area contributed by atoms with Crippen LogP contribution < -0.4 is 14.4 Å². The first-order valence-corrected chi connectivity index (χ1v) is 13.2. The van der Waals surface area contributed by atoms with Crippen LogP contribution in [0, 0.1) is 6.92 Å². The van der Waals surface area contributed by atoms with Gasteiger partial charge in [-0.15, -0.1) is 0 Å². The Morgan fingerprint density at radius 3 is 2.44 bits per heavy atom. The highest BCUT2D eigenvalue weighted by molar-refractivity contribution is 7.92. The highest BCUT2D eigenvalue weighted by atomic mass is 32.2. The molecule has 0 aliphatic rings. The van der Waals surface area contributed by atoms with Gasteiger partial charge in [-0.1, -0.05) is 35.9 Å². The summed E-state index contributed by atoms with van der Waals surface area (Å²) in [7, 11) is -2.05. The van der Waals surface area contributed by atoms with Crippen molar-refractivity contribution >= 4 is 27.5 Å². The van der Waals surface area contributed by atoms with Crippen LogP contribution in [-0.2, 0) is 26.2 Å². The summed E-state index contributed by atoms with van der Waals surface area (Å²) >= 11 is 0. The second-order valence-corrected chi connectivity index (χ2v) is 10.1. The number of ether oxygens (including phenoxy) is 1. The van der Waals surface area contributed by atoms with Crippen molar-refractivity contribution in [3.8, 4) is 5.75 Å². The molecule has 186 valence electrons. The van der Waals surface area contributed by atoms with Gasteiger partial charge in [0.1, 0.15) is 11.8 Å². The predicted octanol–water partition coefficient (Wildman–Crippen LogP) is 3.10. The summed E-state index contributed by atoms with van der Waals surface area (Å²) < 4.78 is 31.3. The van der Waals surface area contributed by atoms with Crippen molar-refractivity contribution in [1.29, 1.82) is 0 Å². The van der Waals surface area contributed by atoms with Crippen molar-refractivity contribution in [3.05, 3.63) is 59.7 Å². The van der Waals surface area contributed by atoms with E-state index in [4.69, 9.17) is 4.74 Å². The number of nitrogens with zero attached hydrogens (tertiary/aromatic N) is 2. The molecule has 0 unspecified atom stereocenters. The molecule has 1 N–H and O–H groups in total. The summed E-state index contributed by atoms with van der Waals surface area (Å²) in [6.45, 7) is 6.41. The Kier molecular flexibility index (Phi) is 9.92. The quantitative estimate of drug-likeness (QED) is 0.494. The van der Waals surface area contributed by atoms with Crippen LogP contribution in [0.15, 0.2) is 48.5 Å². The highest BCUT2D eigenvalue weighted by Gasteiger charge is 2.26. The molecular weight excluding hydrogens is 454 g/mol. The number of aryl methyl sites for hydroxylation is 1. The van der Waals surface area contributed by atoms with E-state index >= 15 is 0 Å². The van der Waals surface area contributed by atoms with Crippen molar-refractivity contribution in [2.45, 2.75) is 46.2 Å². The van der Waals surface area contributed by atoms with Crippen LogP contribution >= 0.6 is 0 Å². The minimum atomic E-state index is -3.56. The number of hydrogen-bond donors (Lipinski definition) is 1. The smallest absolute Gasteiger partial charge is 0.242 e. The first-order chi connectivity index (χ1) is 16.1. The molecule has 0 spiro atoms. The van der Waals surface area contributed by atoms with Crippen LogP contribution in [0.3, 0.4) is 0 Å². The number of rotatable bonds is 12. The Hall–Kier alpha value is -3.07. The lowest BCUT2D eigenvalue weighted by molar-refractivity contribution is -0.140. The maximum atomic E-state index is 13.2. The van der Waals surface area contributed by atoms with Crippen molar-refractivity contribution in [1.82, 2.24) is 10.2 Å². The Morgan fingerprint density at radius 2 is 1.82 bits per heavy atom. The lowest BCUT2D eigenvalue weighted by Crippen LogP contribution is -2.47. The van der Waals surface area contributed by atoms with Crippen LogP contribution in [0.1, 0.15) is 37.8 Å². The largest absolute Gasteiger partial charge is 0.497 e. The lowest BCUT2D eigenvalue weighted by atomic mass is 10.1. The normalized spacial score (nSPS) is 12.0. The van der Waals surface area contributed by atoms with E-state index < -0.39 is 16.1 Å². The first kappa shape index (κ1) is 27.2. The van der Waals surface area contributed by atoms with Gasteiger partial charge in [0.15, 0.2) is 0 Å². The van der Waals surface area contributed by atoms with Gasteiger partial charge < -0.3 is 15.0 Å². The van der Waals surface area contributed by atoms with E-state index in [1.54, 1.807) is 36.1 Å². The molecule has 2 rings (SSSR count). The van der Waals surface area contributed by atoms with E-state index in [0.29, 0.717) is 30.9 Å². The SMILES string of the molecule is CCNC(=O)[C@@H](C)N(Cc1cccc(C)c1)C(=O)CCCN(c1cccc(OC)c1)S(C)(=O)=O. The molecule has 0 fully saturated rings. The summed E-state index contributed by atoms with van der Waals surface area (Å²) in [4.78, 5) is 27.3. The zero-order valence-electron chi connectivity index (χ0n) is 20.6. The topological polar surface area (TPSA) is 96.0 Å². The fraction of sp³-hybridized carbons (Fsp3) is 0.440. The van der Waals surface area contributed by atoms with E-state index in [1.165, 1.54) is 11.4 Å². The van der Waals surface area contributed by atoms with E-state index in [2.05, 4.69) is 5.32 Å². The molecular formula is C25H35N3O5S. The summed E-state index contributed by atoms with van der Waals surface area (Å²) in [6, 6.07) is 13.9. The molecule has 1 atom stereocenters. The third-order valence-electron chi connectivity index (χ3n) is 5.45. The Morgan fingerprint density at radius 1 is 1.12 bits per heavy atom. The van der Waals surface area contributed by atoms with Gasteiger partial charge >= 0.3 is 0 Å². The van der Waals surface area contributed by atoms with Crippen LogP contribution in [0.4, 0.5) is 5.69 Å². The monoisotopic (exact) mass is 489 g/mol. The number of methoxy groups -OCH3 is 1. The van der Waals surface area contributed by atoms with Crippen LogP contribution in [0.5, 0.6) is 5.75 Å². The van der Waals surface area contributed by atoms with E-state index in [9.17, 15) is 18.0 Å². The number of hydrogen-bond acceptors (Lipinski definition) is 5. The number of carbonyl (C=O) groups is 2. The van der Waals surface area contributed by atoms with Crippen molar-refractivity contribution in [3.63, 3.8) is 0 Å². The molecule has 8 nitrogen and oxygen atoms in total. The van der Waals surface area contributed by atoms with Gasteiger partial charge in [0.2, 0.25) is 21.8 Å². The van der Waals surface area contributed by atoms with Gasteiger partial charge in [-0.2, -0.15) is 0 Å². The zero-order chi connectivity index (χ0) is 25.3. The maximum Gasteiger partial charge on any atom is 0.242 e. The molecule has 2 aromatic carbocycles. The molecule has 0 aliphatic carbocycles. The lowest BCUT2D eigenvalue weighted by Gasteiger charge is -2.29. The Bertz CT molecular complexity index is 1090. The molecule has 0 radical (unpaired) electrons. The molecule has 2 amide bonds. The summed E-state index contributed by atoms with van der Waals surface area (Å²) in [5.74, 6) is 0.110. The first-order valence-electron chi connectivity index (χ1n) is 11.3. The third kappa shape index (κ3) is 7.76. The zero-order valence-corrected chi connectivity index (χ0v) is 21.4. The second kappa shape index (κ2) is 12.4. The third-order valence-corrected chi connectivity index (χ3v) is 6.64. The van der Waals surface area contributed by atoms with Crippen LogP contribution in [0.25, 0.3) is 0 Å². The van der Waals surface area contributed by atoms with Crippen molar-refractivity contribution in [2.24, 2.45) is 0 Å². The minimum absolute atomic E-state index is 0.103. The molecule has 0 heterocycles. The van der Waals surface area contributed by atoms with Gasteiger partial charge in [-0.25, -0.2) is 8.42 Å². The van der Waals surface area contributed by atoms with Crippen molar-refractivity contribution < 1.29 is 22.7 Å². The summed E-state index contributed by atoms with van der Waals surface area (Å²) in [5, 5.41) is 2.77. The van der Waals surface area contributed by atoms with Crippen LogP contribution in [-0.4, -0.2) is 57.6 Å². The number of nitrogens with one attached hydrogen (secondary N) is 1. The van der Waals surface area contributed by atoms with Gasteiger partial charge in [-0.3, -0.25) is 13.9 Å². The van der Waals surface area contributed by atoms with E-state index in [0.717, 1.165) is 17.4 Å². The van der Waals surface area contributed by atoms with E-state index in [-0.39, 0.29) is 24.8 Å². The van der Waals surface area contributed by atoms with Gasteiger partial charge in [0, 0.05) is 32.1 Å². The number of carbonyl (C=O) groups excluding carboxylic acids is 2. The number of amides is 2. The summed E-state index contributed by atoms with van der Waals surface area (Å²) in [5.41, 5.74) is 2.47. The molecule has 34 heavy (non-hydrogen) atoms. The number of likely N-dealkylation sites (N-methyl/N-ethyl adjacent to an activating group) is 1. The fourth-order valence-electron chi connectivity index (χ4n) is 3.68. The van der Waals surface area contributed by atoms with Crippen molar-refractivity contribution in [2.75, 3.05) is 30.8 Å². The predicted molar refractivity (Wildman–Crippen MR) is 134 cm³/mol. The number of anilines is 1. The highest BCUT2D eigenvalue weighted by Crippen LogP contribution is 2.24. The van der Waals surface area contributed by atoms with Gasteiger partial charge in [-0.05, 0) is 44.9 Å². The average Bonchev–Trinajstić information content (AvgIpc) is 2.79. The molecule has 0 aromatic heterocycles. The Labute approximate surface area is 202 Å². The van der Waals surface area contributed by atoms with Gasteiger partial charge in [0.25, 0.3) is 0 Å². The Balaban J connectivity index is 2.16. The molecule has 0 bridgehead atoms.